The predicted molar refractivity (Wildman–Crippen MR) is 110 cm³/mol. The molecule has 2 N–H and O–H groups in total. The standard InChI is InChI=1S/C21H27N3O3S/c1-3-27-19-7-5-4-6-16(19)14-24-11-10-22-21(26)18(24)12-20(25)23-13-17-9-8-15(2)28-17/h4-9,18H,3,10-14H2,1-2H3,(H,22,26)(H,23,25). The first-order valence-electron chi connectivity index (χ1n) is 9.61. The van der Waals surface area contributed by atoms with Crippen LogP contribution in [0.3, 0.4) is 0 Å². The summed E-state index contributed by atoms with van der Waals surface area (Å²) in [6.07, 6.45) is 0.146. The van der Waals surface area contributed by atoms with Crippen LogP contribution in [0.15, 0.2) is 36.4 Å². The van der Waals surface area contributed by atoms with E-state index in [1.807, 2.05) is 50.2 Å². The molecule has 2 amide bonds. The maximum atomic E-state index is 12.5. The Balaban J connectivity index is 1.63. The van der Waals surface area contributed by atoms with Gasteiger partial charge in [0, 0.05) is 35.0 Å². The average molecular weight is 402 g/mol. The minimum absolute atomic E-state index is 0.0951. The summed E-state index contributed by atoms with van der Waals surface area (Å²) in [5.74, 6) is 0.616. The molecule has 3 rings (SSSR count). The molecule has 28 heavy (non-hydrogen) atoms. The van der Waals surface area contributed by atoms with Crippen molar-refractivity contribution in [1.29, 1.82) is 0 Å². The Morgan fingerprint density at radius 1 is 1.32 bits per heavy atom. The minimum atomic E-state index is -0.478. The number of rotatable bonds is 8. The van der Waals surface area contributed by atoms with Crippen LogP contribution in [-0.4, -0.2) is 42.5 Å². The van der Waals surface area contributed by atoms with Gasteiger partial charge >= 0.3 is 0 Å². The van der Waals surface area contributed by atoms with Crippen LogP contribution in [0, 0.1) is 6.92 Å². The van der Waals surface area contributed by atoms with Crippen LogP contribution in [0.5, 0.6) is 5.75 Å². The Morgan fingerprint density at radius 2 is 2.14 bits per heavy atom. The van der Waals surface area contributed by atoms with Gasteiger partial charge in [-0.15, -0.1) is 11.3 Å². The molecule has 1 aromatic carbocycles. The Hall–Kier alpha value is -2.38. The van der Waals surface area contributed by atoms with E-state index in [4.69, 9.17) is 4.74 Å². The van der Waals surface area contributed by atoms with Crippen molar-refractivity contribution in [3.05, 3.63) is 51.7 Å². The first kappa shape index (κ1) is 20.4. The van der Waals surface area contributed by atoms with Gasteiger partial charge < -0.3 is 15.4 Å². The number of nitrogens with zero attached hydrogens (tertiary/aromatic N) is 1. The smallest absolute Gasteiger partial charge is 0.237 e. The van der Waals surface area contributed by atoms with Gasteiger partial charge in [-0.1, -0.05) is 18.2 Å². The summed E-state index contributed by atoms with van der Waals surface area (Å²) < 4.78 is 5.71. The fourth-order valence-electron chi connectivity index (χ4n) is 3.34. The van der Waals surface area contributed by atoms with Crippen molar-refractivity contribution in [3.8, 4) is 5.75 Å². The van der Waals surface area contributed by atoms with Crippen molar-refractivity contribution >= 4 is 23.2 Å². The van der Waals surface area contributed by atoms with E-state index in [1.54, 1.807) is 11.3 Å². The Morgan fingerprint density at radius 3 is 2.89 bits per heavy atom. The molecule has 1 aromatic heterocycles. The van der Waals surface area contributed by atoms with Crippen LogP contribution >= 0.6 is 11.3 Å². The Bertz CT molecular complexity index is 821. The van der Waals surface area contributed by atoms with E-state index < -0.39 is 6.04 Å². The van der Waals surface area contributed by atoms with Crippen molar-refractivity contribution in [2.24, 2.45) is 0 Å². The number of hydrogen-bond acceptors (Lipinski definition) is 5. The van der Waals surface area contributed by atoms with Gasteiger partial charge in [-0.2, -0.15) is 0 Å². The molecule has 2 heterocycles. The number of piperazine rings is 1. The molecular weight excluding hydrogens is 374 g/mol. The highest BCUT2D eigenvalue weighted by atomic mass is 32.1. The molecule has 0 spiro atoms. The van der Waals surface area contributed by atoms with Gasteiger partial charge in [-0.25, -0.2) is 0 Å². The molecule has 7 heteroatoms. The second-order valence-corrected chi connectivity index (χ2v) is 8.18. The topological polar surface area (TPSA) is 70.7 Å². The number of nitrogens with one attached hydrogen (secondary N) is 2. The van der Waals surface area contributed by atoms with E-state index in [2.05, 4.69) is 15.5 Å². The van der Waals surface area contributed by atoms with Crippen LogP contribution < -0.4 is 15.4 Å². The van der Waals surface area contributed by atoms with Gasteiger partial charge in [-0.3, -0.25) is 14.5 Å². The van der Waals surface area contributed by atoms with E-state index in [1.165, 1.54) is 4.88 Å². The summed E-state index contributed by atoms with van der Waals surface area (Å²) in [6, 6.07) is 11.4. The van der Waals surface area contributed by atoms with E-state index in [0.717, 1.165) is 16.2 Å². The van der Waals surface area contributed by atoms with Gasteiger partial charge in [0.1, 0.15) is 5.75 Å². The number of carbonyl (C=O) groups excluding carboxylic acids is 2. The Labute approximate surface area is 169 Å². The minimum Gasteiger partial charge on any atom is -0.494 e. The molecule has 0 radical (unpaired) electrons. The van der Waals surface area contributed by atoms with Gasteiger partial charge in [0.05, 0.1) is 25.6 Å². The summed E-state index contributed by atoms with van der Waals surface area (Å²) in [7, 11) is 0. The Kier molecular flexibility index (Phi) is 7.06. The van der Waals surface area contributed by atoms with Gasteiger partial charge in [-0.05, 0) is 32.0 Å². The second kappa shape index (κ2) is 9.71. The number of ether oxygens (including phenoxy) is 1. The number of hydrogen-bond donors (Lipinski definition) is 2. The van der Waals surface area contributed by atoms with Crippen molar-refractivity contribution in [1.82, 2.24) is 15.5 Å². The SMILES string of the molecule is CCOc1ccccc1CN1CCNC(=O)C1CC(=O)NCc1ccc(C)s1. The lowest BCUT2D eigenvalue weighted by atomic mass is 10.1. The van der Waals surface area contributed by atoms with E-state index in [0.29, 0.717) is 32.8 Å². The second-order valence-electron chi connectivity index (χ2n) is 6.81. The largest absolute Gasteiger partial charge is 0.494 e. The zero-order valence-electron chi connectivity index (χ0n) is 16.4. The van der Waals surface area contributed by atoms with Crippen molar-refractivity contribution < 1.29 is 14.3 Å². The lowest BCUT2D eigenvalue weighted by Crippen LogP contribution is -2.56. The third-order valence-corrected chi connectivity index (χ3v) is 5.72. The van der Waals surface area contributed by atoms with Crippen molar-refractivity contribution in [2.45, 2.75) is 39.4 Å². The van der Waals surface area contributed by atoms with Crippen molar-refractivity contribution in [2.75, 3.05) is 19.7 Å². The molecule has 1 fully saturated rings. The van der Waals surface area contributed by atoms with Crippen LogP contribution in [0.1, 0.15) is 28.7 Å². The quantitative estimate of drug-likeness (QED) is 0.713. The molecule has 6 nitrogen and oxygen atoms in total. The summed E-state index contributed by atoms with van der Waals surface area (Å²) in [5.41, 5.74) is 1.03. The van der Waals surface area contributed by atoms with Crippen LogP contribution in [0.2, 0.25) is 0 Å². The fourth-order valence-corrected chi connectivity index (χ4v) is 4.17. The van der Waals surface area contributed by atoms with E-state index in [9.17, 15) is 9.59 Å². The molecule has 0 bridgehead atoms. The lowest BCUT2D eigenvalue weighted by Gasteiger charge is -2.35. The molecule has 1 unspecified atom stereocenters. The maximum absolute atomic E-state index is 12.5. The van der Waals surface area contributed by atoms with Crippen LogP contribution in [0.4, 0.5) is 0 Å². The lowest BCUT2D eigenvalue weighted by molar-refractivity contribution is -0.134. The number of amides is 2. The van der Waals surface area contributed by atoms with E-state index >= 15 is 0 Å². The number of carbonyl (C=O) groups is 2. The first-order chi connectivity index (χ1) is 13.6. The molecule has 0 saturated carbocycles. The number of para-hydroxylation sites is 1. The number of thiophene rings is 1. The highest BCUT2D eigenvalue weighted by molar-refractivity contribution is 7.11. The summed E-state index contributed by atoms with van der Waals surface area (Å²) in [6.45, 7) is 6.94. The van der Waals surface area contributed by atoms with Gasteiger partial charge in [0.25, 0.3) is 0 Å². The molecule has 0 aliphatic carbocycles. The molecule has 1 atom stereocenters. The summed E-state index contributed by atoms with van der Waals surface area (Å²) in [4.78, 5) is 29.3. The first-order valence-corrected chi connectivity index (χ1v) is 10.4. The van der Waals surface area contributed by atoms with Crippen LogP contribution in [-0.2, 0) is 22.7 Å². The molecule has 1 aliphatic rings. The average Bonchev–Trinajstić information content (AvgIpc) is 3.10. The summed E-state index contributed by atoms with van der Waals surface area (Å²) >= 11 is 1.67. The number of benzene rings is 1. The highest BCUT2D eigenvalue weighted by Crippen LogP contribution is 2.22. The van der Waals surface area contributed by atoms with Crippen LogP contribution in [0.25, 0.3) is 0 Å². The summed E-state index contributed by atoms with van der Waals surface area (Å²) in [5, 5.41) is 5.82. The highest BCUT2D eigenvalue weighted by Gasteiger charge is 2.32. The molecule has 1 aliphatic heterocycles. The van der Waals surface area contributed by atoms with Crippen molar-refractivity contribution in [3.63, 3.8) is 0 Å². The molecule has 1 saturated heterocycles. The zero-order chi connectivity index (χ0) is 19.9. The molecular formula is C21H27N3O3S. The normalized spacial score (nSPS) is 17.2. The fraction of sp³-hybridized carbons (Fsp3) is 0.429. The van der Waals surface area contributed by atoms with Gasteiger partial charge in [0.2, 0.25) is 11.8 Å². The van der Waals surface area contributed by atoms with Gasteiger partial charge in [0.15, 0.2) is 0 Å². The maximum Gasteiger partial charge on any atom is 0.237 e. The molecule has 2 aromatic rings. The third-order valence-electron chi connectivity index (χ3n) is 4.72. The predicted octanol–water partition coefficient (Wildman–Crippen LogP) is 2.46. The zero-order valence-corrected chi connectivity index (χ0v) is 17.2. The molecule has 150 valence electrons. The number of aryl methyl sites for hydroxylation is 1. The monoisotopic (exact) mass is 401 g/mol. The third kappa shape index (κ3) is 5.33. The van der Waals surface area contributed by atoms with E-state index in [-0.39, 0.29) is 18.2 Å².